The maximum absolute atomic E-state index is 11.5. The van der Waals surface area contributed by atoms with Crippen LogP contribution in [-0.4, -0.2) is 31.9 Å². The van der Waals surface area contributed by atoms with Gasteiger partial charge in [0, 0.05) is 0 Å². The first-order valence-electron chi connectivity index (χ1n) is 5.77. The fraction of sp³-hybridized carbons (Fsp3) is 0.750. The average molecular weight is 240 g/mol. The van der Waals surface area contributed by atoms with Crippen molar-refractivity contribution in [1.82, 2.24) is 0 Å². The molecule has 1 N–H and O–H groups in total. The van der Waals surface area contributed by atoms with Crippen LogP contribution in [0.1, 0.15) is 19.3 Å². The lowest BCUT2D eigenvalue weighted by atomic mass is 9.97. The van der Waals surface area contributed by atoms with Crippen LogP contribution in [0, 0.1) is 17.4 Å². The van der Waals surface area contributed by atoms with E-state index in [1.54, 1.807) is 0 Å². The number of carbonyl (C=O) groups excluding carboxylic acids is 1. The molecule has 0 aromatic carbocycles. The van der Waals surface area contributed by atoms with E-state index in [1.165, 1.54) is 0 Å². The topological polar surface area (TPSA) is 46.5 Å². The van der Waals surface area contributed by atoms with E-state index in [2.05, 4.69) is 31.1 Å². The lowest BCUT2D eigenvalue weighted by Crippen LogP contribution is -2.28. The minimum Gasteiger partial charge on any atom is -0.465 e. The van der Waals surface area contributed by atoms with E-state index in [9.17, 15) is 9.90 Å². The van der Waals surface area contributed by atoms with Gasteiger partial charge in [0.15, 0.2) is 0 Å². The number of aliphatic hydroxyl groups excluding tert-OH is 1. The number of hydrogen-bond acceptors (Lipinski definition) is 3. The smallest absolute Gasteiger partial charge is 0.312 e. The summed E-state index contributed by atoms with van der Waals surface area (Å²) in [5.41, 5.74) is 3.09. The van der Waals surface area contributed by atoms with Crippen molar-refractivity contribution in [2.24, 2.45) is 5.92 Å². The van der Waals surface area contributed by atoms with Gasteiger partial charge in [-0.3, -0.25) is 4.79 Å². The summed E-state index contributed by atoms with van der Waals surface area (Å²) in [6, 6.07) is 0. The number of rotatable bonds is 1. The van der Waals surface area contributed by atoms with E-state index in [-0.39, 0.29) is 5.97 Å². The van der Waals surface area contributed by atoms with Crippen molar-refractivity contribution in [3.63, 3.8) is 0 Å². The Kier molecular flexibility index (Phi) is 4.57. The van der Waals surface area contributed by atoms with Crippen LogP contribution in [-0.2, 0) is 9.53 Å². The second-order valence-corrected chi connectivity index (χ2v) is 9.98. The van der Waals surface area contributed by atoms with Gasteiger partial charge >= 0.3 is 5.97 Å². The number of hydrogen-bond donors (Lipinski definition) is 1. The van der Waals surface area contributed by atoms with Crippen molar-refractivity contribution in [3.8, 4) is 11.5 Å². The monoisotopic (exact) mass is 240 g/mol. The molecule has 3 nitrogen and oxygen atoms in total. The van der Waals surface area contributed by atoms with E-state index in [4.69, 9.17) is 4.74 Å². The van der Waals surface area contributed by atoms with Crippen LogP contribution in [0.2, 0.25) is 19.6 Å². The van der Waals surface area contributed by atoms with E-state index in [0.717, 1.165) is 12.8 Å². The molecule has 0 aliphatic carbocycles. The second kappa shape index (κ2) is 5.51. The fourth-order valence-electron chi connectivity index (χ4n) is 1.54. The zero-order valence-corrected chi connectivity index (χ0v) is 11.2. The molecule has 0 radical (unpaired) electrons. The third-order valence-corrected chi connectivity index (χ3v) is 3.33. The molecule has 0 bridgehead atoms. The molecule has 0 aromatic rings. The summed E-state index contributed by atoms with van der Waals surface area (Å²) in [6.45, 7) is 6.80. The number of esters is 1. The van der Waals surface area contributed by atoms with E-state index >= 15 is 0 Å². The molecule has 16 heavy (non-hydrogen) atoms. The molecule has 0 unspecified atom stereocenters. The number of aliphatic hydroxyl groups is 1. The van der Waals surface area contributed by atoms with Crippen LogP contribution < -0.4 is 0 Å². The van der Waals surface area contributed by atoms with Crippen molar-refractivity contribution >= 4 is 14.0 Å². The standard InChI is InChI=1S/C12H20O3Si/c1-16(2,3)9-7-11(13)10-6-4-5-8-15-12(10)14/h10-11,13H,4-6,8H2,1-3H3/t10-,11-/m1/s1. The van der Waals surface area contributed by atoms with E-state index < -0.39 is 20.1 Å². The SMILES string of the molecule is C[Si](C)(C)C#C[C@@H](O)[C@H]1CCCCOC1=O. The van der Waals surface area contributed by atoms with Gasteiger partial charge in [0.25, 0.3) is 0 Å². The molecule has 0 amide bonds. The molecule has 1 saturated heterocycles. The van der Waals surface area contributed by atoms with Gasteiger partial charge in [0.2, 0.25) is 0 Å². The van der Waals surface area contributed by atoms with Crippen LogP contribution >= 0.6 is 0 Å². The normalized spacial score (nSPS) is 23.8. The molecule has 1 fully saturated rings. The quantitative estimate of drug-likeness (QED) is 0.430. The molecule has 4 heteroatoms. The van der Waals surface area contributed by atoms with Gasteiger partial charge in [0.1, 0.15) is 14.2 Å². The molecular weight excluding hydrogens is 220 g/mol. The Morgan fingerprint density at radius 3 is 2.75 bits per heavy atom. The summed E-state index contributed by atoms with van der Waals surface area (Å²) in [6.07, 6.45) is 1.62. The third-order valence-electron chi connectivity index (χ3n) is 2.43. The van der Waals surface area contributed by atoms with Gasteiger partial charge in [-0.2, -0.15) is 0 Å². The first-order valence-corrected chi connectivity index (χ1v) is 9.27. The lowest BCUT2D eigenvalue weighted by molar-refractivity contribution is -0.149. The Bertz CT molecular complexity index is 308. The zero-order valence-electron chi connectivity index (χ0n) is 10.2. The third kappa shape index (κ3) is 4.38. The zero-order chi connectivity index (χ0) is 12.2. The van der Waals surface area contributed by atoms with Crippen LogP contribution in [0.4, 0.5) is 0 Å². The van der Waals surface area contributed by atoms with Gasteiger partial charge in [-0.25, -0.2) is 0 Å². The maximum Gasteiger partial charge on any atom is 0.312 e. The van der Waals surface area contributed by atoms with Gasteiger partial charge in [-0.05, 0) is 19.3 Å². The van der Waals surface area contributed by atoms with Crippen LogP contribution in [0.25, 0.3) is 0 Å². The molecule has 0 spiro atoms. The van der Waals surface area contributed by atoms with Crippen LogP contribution in [0.15, 0.2) is 0 Å². The fourth-order valence-corrected chi connectivity index (χ4v) is 2.12. The predicted octanol–water partition coefficient (Wildman–Crippen LogP) is 1.57. The molecule has 0 aromatic heterocycles. The molecule has 2 atom stereocenters. The van der Waals surface area contributed by atoms with Crippen molar-refractivity contribution in [2.75, 3.05) is 6.61 Å². The molecule has 1 heterocycles. The van der Waals surface area contributed by atoms with Gasteiger partial charge in [-0.1, -0.05) is 25.6 Å². The highest BCUT2D eigenvalue weighted by atomic mass is 28.3. The van der Waals surface area contributed by atoms with E-state index in [1.807, 2.05) is 0 Å². The van der Waals surface area contributed by atoms with Gasteiger partial charge < -0.3 is 9.84 Å². The lowest BCUT2D eigenvalue weighted by Gasteiger charge is -2.14. The first kappa shape index (κ1) is 13.3. The highest BCUT2D eigenvalue weighted by Gasteiger charge is 2.28. The summed E-state index contributed by atoms with van der Waals surface area (Å²) < 4.78 is 5.01. The van der Waals surface area contributed by atoms with E-state index in [0.29, 0.717) is 13.0 Å². The molecule has 1 aliphatic heterocycles. The van der Waals surface area contributed by atoms with Crippen LogP contribution in [0.5, 0.6) is 0 Å². The summed E-state index contributed by atoms with van der Waals surface area (Å²) in [4.78, 5) is 11.5. The highest BCUT2D eigenvalue weighted by Crippen LogP contribution is 2.19. The number of cyclic esters (lactones) is 1. The Morgan fingerprint density at radius 1 is 1.44 bits per heavy atom. The number of ether oxygens (including phenoxy) is 1. The summed E-state index contributed by atoms with van der Waals surface area (Å²) in [5, 5.41) is 9.88. The minimum atomic E-state index is -1.49. The van der Waals surface area contributed by atoms with Gasteiger partial charge in [-0.15, -0.1) is 5.54 Å². The summed E-state index contributed by atoms with van der Waals surface area (Å²) in [7, 11) is -1.49. The molecule has 1 aliphatic rings. The van der Waals surface area contributed by atoms with Crippen molar-refractivity contribution < 1.29 is 14.6 Å². The Balaban J connectivity index is 2.66. The first-order chi connectivity index (χ1) is 7.40. The predicted molar refractivity (Wildman–Crippen MR) is 65.4 cm³/mol. The second-order valence-electron chi connectivity index (χ2n) is 5.23. The summed E-state index contributed by atoms with van der Waals surface area (Å²) >= 11 is 0. The van der Waals surface area contributed by atoms with Crippen molar-refractivity contribution in [2.45, 2.75) is 45.0 Å². The molecular formula is C12H20O3Si. The molecule has 0 saturated carbocycles. The number of carbonyl (C=O) groups is 1. The Hall–Kier alpha value is -0.793. The minimum absolute atomic E-state index is 0.296. The van der Waals surface area contributed by atoms with Crippen molar-refractivity contribution in [3.05, 3.63) is 0 Å². The maximum atomic E-state index is 11.5. The Labute approximate surface area is 98.2 Å². The Morgan fingerprint density at radius 2 is 2.12 bits per heavy atom. The van der Waals surface area contributed by atoms with Gasteiger partial charge in [0.05, 0.1) is 12.5 Å². The van der Waals surface area contributed by atoms with Crippen LogP contribution in [0.3, 0.4) is 0 Å². The summed E-state index contributed by atoms with van der Waals surface area (Å²) in [5.74, 6) is 2.07. The van der Waals surface area contributed by atoms with Crippen molar-refractivity contribution in [1.29, 1.82) is 0 Å². The largest absolute Gasteiger partial charge is 0.465 e. The molecule has 1 rings (SSSR count). The average Bonchev–Trinajstić information content (AvgIpc) is 2.38. The molecule has 90 valence electrons. The highest BCUT2D eigenvalue weighted by molar-refractivity contribution is 6.83.